The van der Waals surface area contributed by atoms with E-state index in [1.165, 1.54) is 0 Å². The van der Waals surface area contributed by atoms with Crippen molar-refractivity contribution in [2.24, 2.45) is 5.92 Å². The van der Waals surface area contributed by atoms with E-state index in [0.717, 1.165) is 18.4 Å². The predicted molar refractivity (Wildman–Crippen MR) is 66.5 cm³/mol. The number of carbonyl (C=O) groups is 1. The van der Waals surface area contributed by atoms with Crippen molar-refractivity contribution >= 4 is 6.09 Å². The number of amides is 1. The number of hydrogen-bond donors (Lipinski definition) is 1. The number of hydrogen-bond acceptors (Lipinski definition) is 3. The number of carbonyl (C=O) groups excluding carboxylic acids is 1. The molecule has 0 heterocycles. The third-order valence-electron chi connectivity index (χ3n) is 3.15. The highest BCUT2D eigenvalue weighted by Crippen LogP contribution is 2.29. The van der Waals surface area contributed by atoms with Gasteiger partial charge in [0.2, 0.25) is 0 Å². The average Bonchev–Trinajstić information content (AvgIpc) is 2.35. The molecule has 1 aliphatic carbocycles. The highest BCUT2D eigenvalue weighted by Gasteiger charge is 2.30. The lowest BCUT2D eigenvalue weighted by atomic mass is 9.79. The zero-order chi connectivity index (χ0) is 12.8. The predicted octanol–water partition coefficient (Wildman–Crippen LogP) is 2.61. The van der Waals surface area contributed by atoms with Crippen LogP contribution < -0.4 is 5.32 Å². The van der Waals surface area contributed by atoms with Gasteiger partial charge in [-0.3, -0.25) is 0 Å². The molecule has 0 saturated heterocycles. The molecule has 94 valence electrons. The van der Waals surface area contributed by atoms with Crippen LogP contribution in [-0.2, 0) is 11.3 Å². The summed E-state index contributed by atoms with van der Waals surface area (Å²) in [6.07, 6.45) is 1.97. The summed E-state index contributed by atoms with van der Waals surface area (Å²) < 4.78 is 5.11. The summed E-state index contributed by atoms with van der Waals surface area (Å²) in [7, 11) is 0. The van der Waals surface area contributed by atoms with Crippen molar-refractivity contribution in [2.45, 2.75) is 31.9 Å². The van der Waals surface area contributed by atoms with Gasteiger partial charge in [-0.1, -0.05) is 30.3 Å². The fourth-order valence-electron chi connectivity index (χ4n) is 2.08. The van der Waals surface area contributed by atoms with Gasteiger partial charge in [-0.15, -0.1) is 0 Å². The van der Waals surface area contributed by atoms with Gasteiger partial charge in [-0.05, 0) is 24.3 Å². The Morgan fingerprint density at radius 1 is 1.39 bits per heavy atom. The van der Waals surface area contributed by atoms with E-state index >= 15 is 0 Å². The van der Waals surface area contributed by atoms with Crippen LogP contribution in [-0.4, -0.2) is 12.1 Å². The highest BCUT2D eigenvalue weighted by atomic mass is 16.5. The zero-order valence-corrected chi connectivity index (χ0v) is 10.1. The maximum Gasteiger partial charge on any atom is 0.407 e. The van der Waals surface area contributed by atoms with Crippen LogP contribution in [0.4, 0.5) is 4.79 Å². The van der Waals surface area contributed by atoms with Crippen LogP contribution in [0.3, 0.4) is 0 Å². The van der Waals surface area contributed by atoms with Gasteiger partial charge >= 0.3 is 6.09 Å². The van der Waals surface area contributed by atoms with Crippen molar-refractivity contribution in [1.29, 1.82) is 5.26 Å². The van der Waals surface area contributed by atoms with E-state index in [2.05, 4.69) is 11.4 Å². The van der Waals surface area contributed by atoms with Gasteiger partial charge in [-0.25, -0.2) is 4.79 Å². The molecule has 0 radical (unpaired) electrons. The third-order valence-corrected chi connectivity index (χ3v) is 3.15. The molecular weight excluding hydrogens is 228 g/mol. The molecule has 1 aromatic carbocycles. The second-order valence-electron chi connectivity index (χ2n) is 4.60. The van der Waals surface area contributed by atoms with Crippen molar-refractivity contribution in [3.63, 3.8) is 0 Å². The molecule has 1 aromatic rings. The summed E-state index contributed by atoms with van der Waals surface area (Å²) in [6, 6.07) is 11.9. The van der Waals surface area contributed by atoms with Gasteiger partial charge in [0.25, 0.3) is 0 Å². The smallest absolute Gasteiger partial charge is 0.407 e. The van der Waals surface area contributed by atoms with Gasteiger partial charge in [0, 0.05) is 12.5 Å². The number of ether oxygens (including phenoxy) is 1. The molecule has 18 heavy (non-hydrogen) atoms. The van der Waals surface area contributed by atoms with Crippen LogP contribution in [0, 0.1) is 17.2 Å². The van der Waals surface area contributed by atoms with Gasteiger partial charge < -0.3 is 10.1 Å². The Morgan fingerprint density at radius 2 is 2.11 bits per heavy atom. The van der Waals surface area contributed by atoms with Crippen LogP contribution in [0.25, 0.3) is 0 Å². The Labute approximate surface area is 107 Å². The van der Waals surface area contributed by atoms with E-state index in [1.807, 2.05) is 30.3 Å². The molecule has 0 aliphatic heterocycles. The lowest BCUT2D eigenvalue weighted by molar-refractivity contribution is 0.122. The number of nitrogens with one attached hydrogen (secondary N) is 1. The molecule has 0 bridgehead atoms. The van der Waals surface area contributed by atoms with Crippen molar-refractivity contribution in [3.8, 4) is 6.07 Å². The maximum atomic E-state index is 11.5. The Balaban J connectivity index is 1.64. The lowest BCUT2D eigenvalue weighted by Crippen LogP contribution is -2.44. The van der Waals surface area contributed by atoms with Crippen LogP contribution in [0.2, 0.25) is 0 Å². The lowest BCUT2D eigenvalue weighted by Gasteiger charge is -2.33. The van der Waals surface area contributed by atoms with Crippen molar-refractivity contribution in [3.05, 3.63) is 35.9 Å². The quantitative estimate of drug-likeness (QED) is 0.885. The normalized spacial score (nSPS) is 21.5. The molecule has 4 nitrogen and oxygen atoms in total. The van der Waals surface area contributed by atoms with E-state index in [9.17, 15) is 4.79 Å². The molecule has 1 fully saturated rings. The summed E-state index contributed by atoms with van der Waals surface area (Å²) in [6.45, 7) is 0.293. The summed E-state index contributed by atoms with van der Waals surface area (Å²) >= 11 is 0. The third kappa shape index (κ3) is 3.49. The number of nitrogens with zero attached hydrogens (tertiary/aromatic N) is 1. The van der Waals surface area contributed by atoms with Crippen LogP contribution in [0.1, 0.15) is 24.8 Å². The minimum atomic E-state index is -0.376. The molecule has 0 atom stereocenters. The number of benzene rings is 1. The molecular formula is C14H16N2O2. The average molecular weight is 244 g/mol. The van der Waals surface area contributed by atoms with E-state index in [1.54, 1.807) is 0 Å². The number of alkyl carbamates (subject to hydrolysis) is 1. The molecule has 0 spiro atoms. The van der Waals surface area contributed by atoms with Gasteiger partial charge in [0.1, 0.15) is 6.61 Å². The van der Waals surface area contributed by atoms with Crippen LogP contribution in [0.5, 0.6) is 0 Å². The van der Waals surface area contributed by atoms with Crippen LogP contribution >= 0.6 is 0 Å². The first kappa shape index (κ1) is 12.4. The second kappa shape index (κ2) is 6.06. The fourth-order valence-corrected chi connectivity index (χ4v) is 2.08. The Bertz CT molecular complexity index is 433. The van der Waals surface area contributed by atoms with Crippen LogP contribution in [0.15, 0.2) is 30.3 Å². The van der Waals surface area contributed by atoms with Gasteiger partial charge in [0.05, 0.1) is 6.07 Å². The molecule has 0 aromatic heterocycles. The monoisotopic (exact) mass is 244 g/mol. The molecule has 0 unspecified atom stereocenters. The molecule has 1 N–H and O–H groups in total. The Kier molecular flexibility index (Phi) is 4.19. The van der Waals surface area contributed by atoms with Gasteiger partial charge in [0.15, 0.2) is 0 Å². The minimum Gasteiger partial charge on any atom is -0.445 e. The fraction of sp³-hybridized carbons (Fsp3) is 0.429. The first-order valence-corrected chi connectivity index (χ1v) is 6.12. The summed E-state index contributed by atoms with van der Waals surface area (Å²) in [5, 5.41) is 11.3. The van der Waals surface area contributed by atoms with Crippen molar-refractivity contribution in [1.82, 2.24) is 5.32 Å². The zero-order valence-electron chi connectivity index (χ0n) is 10.1. The first-order valence-electron chi connectivity index (χ1n) is 6.12. The summed E-state index contributed by atoms with van der Waals surface area (Å²) in [4.78, 5) is 11.5. The SMILES string of the molecule is N#CCC1CC(NC(=O)OCc2ccccc2)C1. The molecule has 2 rings (SSSR count). The largest absolute Gasteiger partial charge is 0.445 e. The minimum absolute atomic E-state index is 0.173. The first-order chi connectivity index (χ1) is 8.78. The van der Waals surface area contributed by atoms with E-state index in [-0.39, 0.29) is 12.1 Å². The topological polar surface area (TPSA) is 62.1 Å². The molecule has 4 heteroatoms. The summed E-state index contributed by atoms with van der Waals surface area (Å²) in [5.74, 6) is 0.439. The molecule has 1 aliphatic rings. The van der Waals surface area contributed by atoms with E-state index in [4.69, 9.17) is 10.00 Å². The standard InChI is InChI=1S/C14H16N2O2/c15-7-6-12-8-13(9-12)16-14(17)18-10-11-4-2-1-3-5-11/h1-5,12-13H,6,8-10H2,(H,16,17). The number of rotatable bonds is 4. The maximum absolute atomic E-state index is 11.5. The molecule has 1 amide bonds. The van der Waals surface area contributed by atoms with Crippen molar-refractivity contribution < 1.29 is 9.53 Å². The van der Waals surface area contributed by atoms with Gasteiger partial charge in [-0.2, -0.15) is 5.26 Å². The van der Waals surface area contributed by atoms with E-state index < -0.39 is 0 Å². The highest BCUT2D eigenvalue weighted by molar-refractivity contribution is 5.67. The summed E-state index contributed by atoms with van der Waals surface area (Å²) in [5.41, 5.74) is 0.976. The Hall–Kier alpha value is -2.02. The molecule has 1 saturated carbocycles. The Morgan fingerprint density at radius 3 is 2.78 bits per heavy atom. The van der Waals surface area contributed by atoms with Crippen molar-refractivity contribution in [2.75, 3.05) is 0 Å². The second-order valence-corrected chi connectivity index (χ2v) is 4.60. The van der Waals surface area contributed by atoms with E-state index in [0.29, 0.717) is 18.9 Å². The number of nitriles is 1.